The number of halogens is 1. The van der Waals surface area contributed by atoms with Gasteiger partial charge in [-0.15, -0.1) is 10.1 Å². The minimum atomic E-state index is -2.46. The van der Waals surface area contributed by atoms with E-state index in [1.165, 1.54) is 37.3 Å². The van der Waals surface area contributed by atoms with E-state index in [0.717, 1.165) is 5.56 Å². The molecule has 14 nitrogen and oxygen atoms in total. The zero-order valence-corrected chi connectivity index (χ0v) is 26.6. The van der Waals surface area contributed by atoms with E-state index in [4.69, 9.17) is 9.47 Å². The second-order valence-corrected chi connectivity index (χ2v) is 13.4. The number of ketones is 2. The predicted molar refractivity (Wildman–Crippen MR) is 162 cm³/mol. The smallest absolute Gasteiger partial charge is 0.413 e. The maximum atomic E-state index is 17.2. The van der Waals surface area contributed by atoms with Crippen molar-refractivity contribution in [2.24, 2.45) is 22.7 Å². The number of esters is 1. The molecule has 3 saturated carbocycles. The van der Waals surface area contributed by atoms with Gasteiger partial charge >= 0.3 is 12.1 Å². The third kappa shape index (κ3) is 5.87. The molecule has 0 aromatic heterocycles. The third-order valence-electron chi connectivity index (χ3n) is 11.0. The highest BCUT2D eigenvalue weighted by Crippen LogP contribution is 2.69. The maximum absolute atomic E-state index is 17.2. The van der Waals surface area contributed by atoms with E-state index in [0.29, 0.717) is 24.8 Å². The van der Waals surface area contributed by atoms with Crippen LogP contribution in [0.2, 0.25) is 0 Å². The normalized spacial score (nSPS) is 35.0. The van der Waals surface area contributed by atoms with Crippen molar-refractivity contribution in [1.29, 1.82) is 0 Å². The summed E-state index contributed by atoms with van der Waals surface area (Å²) in [5.41, 5.74) is -6.06. The number of allylic oxidation sites excluding steroid dienone is 4. The highest BCUT2D eigenvalue weighted by atomic mass is 19.1. The van der Waals surface area contributed by atoms with E-state index < -0.39 is 82.2 Å². The molecule has 1 aromatic rings. The number of fused-ring (bicyclic) bond motifs is 5. The average molecular weight is 675 g/mol. The lowest BCUT2D eigenvalue weighted by Gasteiger charge is -2.62. The number of nitrogens with one attached hydrogen (secondary N) is 1. The van der Waals surface area contributed by atoms with Crippen LogP contribution in [0.1, 0.15) is 51.5 Å². The number of ether oxygens (including phenoxy) is 2. The van der Waals surface area contributed by atoms with E-state index in [1.54, 1.807) is 19.1 Å². The fraction of sp³-hybridized carbons (Fsp3) is 0.576. The predicted octanol–water partition coefficient (Wildman–Crippen LogP) is 2.10. The summed E-state index contributed by atoms with van der Waals surface area (Å²) >= 11 is 0. The van der Waals surface area contributed by atoms with Gasteiger partial charge < -0.3 is 34.9 Å². The molecule has 0 saturated heterocycles. The van der Waals surface area contributed by atoms with Gasteiger partial charge in [0.15, 0.2) is 23.7 Å². The Bertz CT molecular complexity index is 1550. The Morgan fingerprint density at radius 1 is 1.12 bits per heavy atom. The maximum Gasteiger partial charge on any atom is 0.413 e. The molecule has 4 N–H and O–H groups in total. The number of rotatable bonds is 11. The monoisotopic (exact) mass is 674 g/mol. The average Bonchev–Trinajstić information content (AvgIpc) is 3.24. The Hall–Kier alpha value is -4.21. The van der Waals surface area contributed by atoms with Gasteiger partial charge in [0.05, 0.1) is 18.8 Å². The van der Waals surface area contributed by atoms with Crippen LogP contribution in [0.3, 0.4) is 0 Å². The van der Waals surface area contributed by atoms with Crippen LogP contribution in [0.15, 0.2) is 48.1 Å². The minimum absolute atomic E-state index is 0.0561. The molecule has 0 spiro atoms. The number of Topliss-reactive ketones (excluding diaryl/α,β-unsaturated/α-hetero) is 1. The first-order valence-electron chi connectivity index (χ1n) is 15.8. The van der Waals surface area contributed by atoms with Gasteiger partial charge in [-0.25, -0.2) is 9.18 Å². The van der Waals surface area contributed by atoms with Crippen molar-refractivity contribution in [3.05, 3.63) is 63.7 Å². The van der Waals surface area contributed by atoms with Crippen molar-refractivity contribution < 1.29 is 58.3 Å². The zero-order valence-electron chi connectivity index (χ0n) is 26.6. The lowest BCUT2D eigenvalue weighted by atomic mass is 9.44. The molecule has 0 radical (unpaired) electrons. The molecule has 0 unspecified atom stereocenters. The molecule has 3 fully saturated rings. The summed E-state index contributed by atoms with van der Waals surface area (Å²) in [5.74, 6) is -3.74. The van der Waals surface area contributed by atoms with Crippen molar-refractivity contribution >= 4 is 23.6 Å². The third-order valence-corrected chi connectivity index (χ3v) is 11.0. The number of carbonyl (C=O) groups excluding carboxylic acids is 4. The van der Waals surface area contributed by atoms with Crippen LogP contribution < -0.4 is 10.1 Å². The number of alkyl halides is 1. The van der Waals surface area contributed by atoms with Gasteiger partial charge in [-0.1, -0.05) is 30.7 Å². The van der Waals surface area contributed by atoms with Gasteiger partial charge in [-0.05, 0) is 81.2 Å². The van der Waals surface area contributed by atoms with Gasteiger partial charge in [0.1, 0.15) is 12.3 Å². The summed E-state index contributed by atoms with van der Waals surface area (Å²) < 4.78 is 27.4. The van der Waals surface area contributed by atoms with Gasteiger partial charge in [-0.2, -0.15) is 0 Å². The van der Waals surface area contributed by atoms with Crippen molar-refractivity contribution in [1.82, 2.24) is 5.32 Å². The topological polar surface area (TPSA) is 212 Å². The summed E-state index contributed by atoms with van der Waals surface area (Å²) in [5, 5.41) is 45.8. The Balaban J connectivity index is 1.16. The molecule has 8 atom stereocenters. The molecule has 0 bridgehead atoms. The lowest BCUT2D eigenvalue weighted by molar-refractivity contribution is -0.757. The number of hydrogen-bond donors (Lipinski definition) is 4. The summed E-state index contributed by atoms with van der Waals surface area (Å²) in [6.07, 6.45) is 0.888. The standard InChI is InChI=1S/C33H39FN2O12/c1-30-12-11-21(37)14-20(30)7-10-23-24-15-25(38)33(43,31(24,2)16-26(39)32(23,30)34)27(40)18-46-28(41)17-35-29(42)48-22-8-5-19(6-9-22)4-3-13-47-36(44)45/h5-6,8-9,11-12,14,23-26,38-39,43H,3-4,7,10,13,15-18H2,1-2H3,(H,35,42)/t23-,24-,25+,26-,30-,31-,32-,33-/m0/s1. The Morgan fingerprint density at radius 3 is 2.52 bits per heavy atom. The fourth-order valence-corrected chi connectivity index (χ4v) is 8.46. The SMILES string of the molecule is C[C@]12C=CC(=O)C=C1CC[C@H]1[C@@H]3C[C@@H](O)[C@](O)(C(=O)COC(=O)CNC(=O)Oc4ccc(CCCO[N+](=O)[O-])cc4)[C@@]3(C)C[C@H](O)[C@@]12F. The molecule has 4 aliphatic rings. The molecule has 0 aliphatic heterocycles. The van der Waals surface area contributed by atoms with Gasteiger partial charge in [0, 0.05) is 16.7 Å². The van der Waals surface area contributed by atoms with Gasteiger partial charge in [-0.3, -0.25) is 14.4 Å². The highest BCUT2D eigenvalue weighted by molar-refractivity contribution is 6.01. The van der Waals surface area contributed by atoms with Gasteiger partial charge in [0.2, 0.25) is 5.78 Å². The van der Waals surface area contributed by atoms with Gasteiger partial charge in [0.25, 0.3) is 5.09 Å². The van der Waals surface area contributed by atoms with E-state index in [2.05, 4.69) is 10.2 Å². The van der Waals surface area contributed by atoms with Crippen LogP contribution in [0.5, 0.6) is 5.75 Å². The quantitative estimate of drug-likeness (QED) is 0.115. The molecule has 15 heteroatoms. The van der Waals surface area contributed by atoms with Crippen LogP contribution in [-0.4, -0.2) is 87.3 Å². The van der Waals surface area contributed by atoms with Crippen molar-refractivity contribution in [2.45, 2.75) is 75.9 Å². The Labute approximate surface area is 275 Å². The number of amides is 1. The molecular formula is C33H39FN2O12. The number of aliphatic hydroxyl groups is 3. The molecule has 5 rings (SSSR count). The number of aliphatic hydroxyl groups excluding tert-OH is 2. The summed E-state index contributed by atoms with van der Waals surface area (Å²) in [6, 6.07) is 6.29. The second kappa shape index (κ2) is 13.0. The summed E-state index contributed by atoms with van der Waals surface area (Å²) in [4.78, 5) is 64.5. The lowest BCUT2D eigenvalue weighted by Crippen LogP contribution is -2.69. The number of benzene rings is 1. The Morgan fingerprint density at radius 2 is 1.83 bits per heavy atom. The van der Waals surface area contributed by atoms with E-state index in [1.807, 2.05) is 0 Å². The van der Waals surface area contributed by atoms with Crippen LogP contribution in [0.4, 0.5) is 9.18 Å². The molecule has 1 aromatic carbocycles. The van der Waals surface area contributed by atoms with E-state index in [-0.39, 0.29) is 37.4 Å². The number of carbonyl (C=O) groups is 4. The minimum Gasteiger partial charge on any atom is -0.456 e. The van der Waals surface area contributed by atoms with Crippen LogP contribution in [-0.2, 0) is 30.4 Å². The largest absolute Gasteiger partial charge is 0.456 e. The van der Waals surface area contributed by atoms with Crippen LogP contribution in [0.25, 0.3) is 0 Å². The molecule has 48 heavy (non-hydrogen) atoms. The van der Waals surface area contributed by atoms with Crippen molar-refractivity contribution in [3.8, 4) is 5.75 Å². The highest BCUT2D eigenvalue weighted by Gasteiger charge is 2.76. The van der Waals surface area contributed by atoms with Crippen molar-refractivity contribution in [2.75, 3.05) is 19.8 Å². The van der Waals surface area contributed by atoms with Crippen LogP contribution >= 0.6 is 0 Å². The van der Waals surface area contributed by atoms with E-state index in [9.17, 15) is 44.6 Å². The van der Waals surface area contributed by atoms with E-state index >= 15 is 4.39 Å². The molecular weight excluding hydrogens is 635 g/mol. The summed E-state index contributed by atoms with van der Waals surface area (Å²) in [6.45, 7) is 1.47. The molecule has 0 heterocycles. The molecule has 4 aliphatic carbocycles. The number of hydrogen-bond acceptors (Lipinski definition) is 12. The molecule has 260 valence electrons. The Kier molecular flexibility index (Phi) is 9.51. The first-order chi connectivity index (χ1) is 22.6. The number of aryl methyl sites for hydroxylation is 1. The van der Waals surface area contributed by atoms with Crippen molar-refractivity contribution in [3.63, 3.8) is 0 Å². The molecule has 1 amide bonds. The fourth-order valence-electron chi connectivity index (χ4n) is 8.46. The zero-order chi connectivity index (χ0) is 35.1. The van der Waals surface area contributed by atoms with Crippen LogP contribution in [0, 0.1) is 32.8 Å². The first-order valence-corrected chi connectivity index (χ1v) is 15.8. The first kappa shape index (κ1) is 35.1. The second-order valence-electron chi connectivity index (χ2n) is 13.4. The summed E-state index contributed by atoms with van der Waals surface area (Å²) in [7, 11) is 0. The number of nitrogens with zero attached hydrogens (tertiary/aromatic N) is 1.